The summed E-state index contributed by atoms with van der Waals surface area (Å²) in [5.74, 6) is 0.890. The number of anilines is 1. The van der Waals surface area contributed by atoms with E-state index in [1.54, 1.807) is 0 Å². The van der Waals surface area contributed by atoms with Gasteiger partial charge in [-0.25, -0.2) is 0 Å². The van der Waals surface area contributed by atoms with Crippen molar-refractivity contribution >= 4 is 11.6 Å². The summed E-state index contributed by atoms with van der Waals surface area (Å²) in [5.41, 5.74) is 2.58. The van der Waals surface area contributed by atoms with Gasteiger partial charge in [0.2, 0.25) is 0 Å². The second-order valence-corrected chi connectivity index (χ2v) is 7.01. The number of benzene rings is 1. The van der Waals surface area contributed by atoms with Gasteiger partial charge in [-0.15, -0.1) is 0 Å². The molecule has 27 heavy (non-hydrogen) atoms. The van der Waals surface area contributed by atoms with E-state index in [4.69, 9.17) is 4.74 Å². The van der Waals surface area contributed by atoms with Crippen LogP contribution in [-0.4, -0.2) is 76.9 Å². The van der Waals surface area contributed by atoms with Crippen molar-refractivity contribution in [2.45, 2.75) is 26.7 Å². The molecule has 0 aliphatic carbocycles. The number of guanidine groups is 1. The highest BCUT2D eigenvalue weighted by Gasteiger charge is 2.09. The van der Waals surface area contributed by atoms with Gasteiger partial charge in [0.05, 0.1) is 13.2 Å². The lowest BCUT2D eigenvalue weighted by atomic mass is 10.2. The van der Waals surface area contributed by atoms with Crippen molar-refractivity contribution in [1.29, 1.82) is 0 Å². The Bertz CT molecular complexity index is 557. The minimum Gasteiger partial charge on any atom is -0.379 e. The van der Waals surface area contributed by atoms with E-state index in [1.807, 2.05) is 7.05 Å². The van der Waals surface area contributed by atoms with Gasteiger partial charge in [0.1, 0.15) is 0 Å². The van der Waals surface area contributed by atoms with Crippen LogP contribution >= 0.6 is 0 Å². The van der Waals surface area contributed by atoms with E-state index in [1.165, 1.54) is 24.2 Å². The Morgan fingerprint density at radius 1 is 1.19 bits per heavy atom. The van der Waals surface area contributed by atoms with Crippen LogP contribution in [0.2, 0.25) is 0 Å². The average Bonchev–Trinajstić information content (AvgIpc) is 2.70. The molecule has 0 spiro atoms. The summed E-state index contributed by atoms with van der Waals surface area (Å²) in [4.78, 5) is 9.21. The van der Waals surface area contributed by atoms with Crippen molar-refractivity contribution in [3.63, 3.8) is 0 Å². The number of hydrogen-bond donors (Lipinski definition) is 2. The molecule has 0 saturated carbocycles. The number of unbranched alkanes of at least 4 members (excludes halogenated alkanes) is 1. The third kappa shape index (κ3) is 8.18. The zero-order valence-corrected chi connectivity index (χ0v) is 17.3. The molecule has 1 aliphatic rings. The fourth-order valence-corrected chi connectivity index (χ4v) is 3.32. The van der Waals surface area contributed by atoms with Crippen LogP contribution in [0.25, 0.3) is 0 Å². The van der Waals surface area contributed by atoms with E-state index in [2.05, 4.69) is 63.5 Å². The standard InChI is InChI=1S/C21H37N5O/c1-4-26(20-9-7-8-19(2)18-20)13-11-24-21(22-3)23-10-5-6-12-25-14-16-27-17-15-25/h7-9,18H,4-6,10-17H2,1-3H3,(H2,22,23,24). The van der Waals surface area contributed by atoms with Gasteiger partial charge in [0.15, 0.2) is 5.96 Å². The van der Waals surface area contributed by atoms with Crippen molar-refractivity contribution in [1.82, 2.24) is 15.5 Å². The van der Waals surface area contributed by atoms with Crippen LogP contribution in [0.3, 0.4) is 0 Å². The zero-order chi connectivity index (χ0) is 19.3. The maximum absolute atomic E-state index is 5.39. The Balaban J connectivity index is 1.60. The van der Waals surface area contributed by atoms with E-state index >= 15 is 0 Å². The monoisotopic (exact) mass is 375 g/mol. The van der Waals surface area contributed by atoms with Crippen LogP contribution in [0, 0.1) is 6.92 Å². The number of aliphatic imine (C=N–C) groups is 1. The van der Waals surface area contributed by atoms with Gasteiger partial charge in [-0.3, -0.25) is 9.89 Å². The highest BCUT2D eigenvalue weighted by atomic mass is 16.5. The highest BCUT2D eigenvalue weighted by molar-refractivity contribution is 5.79. The molecule has 6 nitrogen and oxygen atoms in total. The van der Waals surface area contributed by atoms with Gasteiger partial charge in [0, 0.05) is 52.0 Å². The second kappa shape index (κ2) is 12.6. The molecule has 1 aliphatic heterocycles. The quantitative estimate of drug-likeness (QED) is 0.373. The summed E-state index contributed by atoms with van der Waals surface area (Å²) in [5, 5.41) is 6.85. The first-order valence-electron chi connectivity index (χ1n) is 10.3. The molecule has 0 aromatic heterocycles. The Labute approximate surface area is 165 Å². The summed E-state index contributed by atoms with van der Waals surface area (Å²) in [6.07, 6.45) is 2.36. The number of ether oxygens (including phenoxy) is 1. The maximum atomic E-state index is 5.39. The molecular weight excluding hydrogens is 338 g/mol. The first kappa shape index (κ1) is 21.5. The number of hydrogen-bond acceptors (Lipinski definition) is 4. The van der Waals surface area contributed by atoms with Crippen LogP contribution in [0.1, 0.15) is 25.3 Å². The Hall–Kier alpha value is -1.79. The molecule has 2 N–H and O–H groups in total. The van der Waals surface area contributed by atoms with Crippen LogP contribution in [0.4, 0.5) is 5.69 Å². The van der Waals surface area contributed by atoms with Crippen molar-refractivity contribution in [2.75, 3.05) is 71.0 Å². The summed E-state index contributed by atoms with van der Waals surface area (Å²) in [6.45, 7) is 13.2. The third-order valence-electron chi connectivity index (χ3n) is 4.94. The topological polar surface area (TPSA) is 52.1 Å². The predicted octanol–water partition coefficient (Wildman–Crippen LogP) is 2.10. The molecule has 1 aromatic carbocycles. The lowest BCUT2D eigenvalue weighted by Gasteiger charge is -2.26. The van der Waals surface area contributed by atoms with Gasteiger partial charge in [-0.1, -0.05) is 12.1 Å². The van der Waals surface area contributed by atoms with Crippen molar-refractivity contribution in [3.05, 3.63) is 29.8 Å². The first-order chi connectivity index (χ1) is 13.2. The molecule has 1 heterocycles. The summed E-state index contributed by atoms with van der Waals surface area (Å²) in [6, 6.07) is 8.68. The van der Waals surface area contributed by atoms with Crippen LogP contribution in [0.15, 0.2) is 29.3 Å². The lowest BCUT2D eigenvalue weighted by Crippen LogP contribution is -2.42. The van der Waals surface area contributed by atoms with E-state index < -0.39 is 0 Å². The van der Waals surface area contributed by atoms with Crippen LogP contribution in [0.5, 0.6) is 0 Å². The largest absolute Gasteiger partial charge is 0.379 e. The molecule has 2 rings (SSSR count). The number of aryl methyl sites for hydroxylation is 1. The molecule has 0 bridgehead atoms. The lowest BCUT2D eigenvalue weighted by molar-refractivity contribution is 0.0372. The average molecular weight is 376 g/mol. The molecule has 152 valence electrons. The summed E-state index contributed by atoms with van der Waals surface area (Å²) >= 11 is 0. The number of rotatable bonds is 10. The summed E-state index contributed by atoms with van der Waals surface area (Å²) in [7, 11) is 1.83. The molecule has 1 fully saturated rings. The summed E-state index contributed by atoms with van der Waals surface area (Å²) < 4.78 is 5.39. The van der Waals surface area contributed by atoms with Crippen molar-refractivity contribution < 1.29 is 4.74 Å². The normalized spacial score (nSPS) is 15.6. The number of morpholine rings is 1. The number of nitrogens with one attached hydrogen (secondary N) is 2. The molecular formula is C21H37N5O. The van der Waals surface area contributed by atoms with E-state index in [0.29, 0.717) is 0 Å². The van der Waals surface area contributed by atoms with E-state index in [9.17, 15) is 0 Å². The molecule has 6 heteroatoms. The second-order valence-electron chi connectivity index (χ2n) is 7.01. The fourth-order valence-electron chi connectivity index (χ4n) is 3.32. The molecule has 0 unspecified atom stereocenters. The third-order valence-corrected chi connectivity index (χ3v) is 4.94. The van der Waals surface area contributed by atoms with Gasteiger partial charge in [-0.05, 0) is 50.9 Å². The minimum absolute atomic E-state index is 0.870. The van der Waals surface area contributed by atoms with Crippen molar-refractivity contribution in [2.24, 2.45) is 4.99 Å². The van der Waals surface area contributed by atoms with E-state index in [-0.39, 0.29) is 0 Å². The van der Waals surface area contributed by atoms with Gasteiger partial charge < -0.3 is 20.3 Å². The maximum Gasteiger partial charge on any atom is 0.191 e. The van der Waals surface area contributed by atoms with Gasteiger partial charge in [-0.2, -0.15) is 0 Å². The van der Waals surface area contributed by atoms with Gasteiger partial charge in [0.25, 0.3) is 0 Å². The SMILES string of the molecule is CCN(CCNC(=NC)NCCCCN1CCOCC1)c1cccc(C)c1. The zero-order valence-electron chi connectivity index (χ0n) is 17.3. The number of nitrogens with zero attached hydrogens (tertiary/aromatic N) is 3. The molecule has 1 aromatic rings. The molecule has 0 atom stereocenters. The highest BCUT2D eigenvalue weighted by Crippen LogP contribution is 2.14. The molecule has 0 radical (unpaired) electrons. The smallest absolute Gasteiger partial charge is 0.191 e. The predicted molar refractivity (Wildman–Crippen MR) is 115 cm³/mol. The van der Waals surface area contributed by atoms with Crippen LogP contribution in [-0.2, 0) is 4.74 Å². The van der Waals surface area contributed by atoms with E-state index in [0.717, 1.165) is 64.9 Å². The Morgan fingerprint density at radius 3 is 2.67 bits per heavy atom. The first-order valence-corrected chi connectivity index (χ1v) is 10.3. The Morgan fingerprint density at radius 2 is 1.96 bits per heavy atom. The van der Waals surface area contributed by atoms with Gasteiger partial charge >= 0.3 is 0 Å². The van der Waals surface area contributed by atoms with Crippen LogP contribution < -0.4 is 15.5 Å². The minimum atomic E-state index is 0.870. The Kier molecular flexibility index (Phi) is 10.0. The fraction of sp³-hybridized carbons (Fsp3) is 0.667. The van der Waals surface area contributed by atoms with Crippen molar-refractivity contribution in [3.8, 4) is 0 Å². The number of likely N-dealkylation sites (N-methyl/N-ethyl adjacent to an activating group) is 1. The molecule has 0 amide bonds. The molecule has 1 saturated heterocycles.